The zero-order valence-corrected chi connectivity index (χ0v) is 19.6. The summed E-state index contributed by atoms with van der Waals surface area (Å²) in [6.07, 6.45) is 0.907. The van der Waals surface area contributed by atoms with Gasteiger partial charge in [0.2, 0.25) is 5.75 Å². The van der Waals surface area contributed by atoms with Gasteiger partial charge >= 0.3 is 5.97 Å². The van der Waals surface area contributed by atoms with Crippen molar-refractivity contribution in [3.63, 3.8) is 0 Å². The summed E-state index contributed by atoms with van der Waals surface area (Å²) in [6, 6.07) is 7.44. The Morgan fingerprint density at radius 3 is 1.86 bits per heavy atom. The lowest BCUT2D eigenvalue weighted by atomic mass is 10.1. The van der Waals surface area contributed by atoms with Gasteiger partial charge in [0.25, 0.3) is 5.91 Å². The second kappa shape index (κ2) is 10.5. The van der Waals surface area contributed by atoms with Crippen molar-refractivity contribution in [1.82, 2.24) is 0 Å². The third-order valence-electron chi connectivity index (χ3n) is 4.05. The molecule has 1 amide bonds. The third-order valence-corrected chi connectivity index (χ3v) is 5.56. The van der Waals surface area contributed by atoms with Crippen molar-refractivity contribution in [2.75, 3.05) is 33.3 Å². The molecule has 0 saturated carbocycles. The molecular weight excluding hydrogens is 510 g/mol. The van der Waals surface area contributed by atoms with E-state index in [0.717, 1.165) is 12.0 Å². The molecule has 0 aliphatic rings. The zero-order chi connectivity index (χ0) is 21.6. The van der Waals surface area contributed by atoms with Gasteiger partial charge in [-0.05, 0) is 56.0 Å². The molecule has 2 aromatic carbocycles. The lowest BCUT2D eigenvalue weighted by Gasteiger charge is -2.18. The van der Waals surface area contributed by atoms with Gasteiger partial charge in [0, 0.05) is 5.69 Å². The molecule has 29 heavy (non-hydrogen) atoms. The van der Waals surface area contributed by atoms with Crippen LogP contribution in [-0.2, 0) is 16.0 Å². The van der Waals surface area contributed by atoms with Crippen LogP contribution >= 0.6 is 31.9 Å². The van der Waals surface area contributed by atoms with E-state index < -0.39 is 18.5 Å². The molecule has 9 heteroatoms. The standard InChI is InChI=1S/C20H21Br2NO6/c1-5-11-6-8-12(9-7-11)23-13(24)10-29-20(25)14-15(21)17(26-2)19(28-4)18(27-3)16(14)22/h6-9H,5,10H2,1-4H3,(H,23,24). The van der Waals surface area contributed by atoms with E-state index >= 15 is 0 Å². The van der Waals surface area contributed by atoms with Gasteiger partial charge in [-0.25, -0.2) is 4.79 Å². The van der Waals surface area contributed by atoms with Crippen molar-refractivity contribution in [3.8, 4) is 17.2 Å². The second-order valence-corrected chi connectivity index (χ2v) is 7.36. The number of anilines is 1. The van der Waals surface area contributed by atoms with Crippen LogP contribution in [0.25, 0.3) is 0 Å². The number of hydrogen-bond acceptors (Lipinski definition) is 6. The van der Waals surface area contributed by atoms with Crippen LogP contribution in [-0.4, -0.2) is 39.8 Å². The molecule has 0 aliphatic heterocycles. The number of hydrogen-bond donors (Lipinski definition) is 1. The van der Waals surface area contributed by atoms with Crippen LogP contribution in [0.3, 0.4) is 0 Å². The van der Waals surface area contributed by atoms with E-state index in [2.05, 4.69) is 37.2 Å². The minimum atomic E-state index is -0.737. The number of methoxy groups -OCH3 is 3. The summed E-state index contributed by atoms with van der Waals surface area (Å²) >= 11 is 6.66. The molecule has 0 spiro atoms. The number of carbonyl (C=O) groups is 2. The summed E-state index contributed by atoms with van der Waals surface area (Å²) in [6.45, 7) is 1.59. The van der Waals surface area contributed by atoms with Crippen LogP contribution in [0.2, 0.25) is 0 Å². The molecule has 0 saturated heterocycles. The monoisotopic (exact) mass is 529 g/mol. The minimum Gasteiger partial charge on any atom is -0.492 e. The predicted molar refractivity (Wildman–Crippen MR) is 116 cm³/mol. The average Bonchev–Trinajstić information content (AvgIpc) is 2.72. The smallest absolute Gasteiger partial charge is 0.341 e. The summed E-state index contributed by atoms with van der Waals surface area (Å²) in [4.78, 5) is 24.8. The normalized spacial score (nSPS) is 10.3. The molecule has 7 nitrogen and oxygen atoms in total. The van der Waals surface area contributed by atoms with Gasteiger partial charge in [-0.3, -0.25) is 4.79 Å². The molecular formula is C20H21Br2NO6. The van der Waals surface area contributed by atoms with Crippen molar-refractivity contribution in [2.24, 2.45) is 0 Å². The first kappa shape index (κ1) is 23.0. The molecule has 0 fully saturated rings. The number of halogens is 2. The summed E-state index contributed by atoms with van der Waals surface area (Å²) in [5, 5.41) is 2.68. The van der Waals surface area contributed by atoms with Crippen molar-refractivity contribution >= 4 is 49.4 Å². The van der Waals surface area contributed by atoms with Crippen LogP contribution in [0.5, 0.6) is 17.2 Å². The van der Waals surface area contributed by atoms with Gasteiger partial charge in [0.15, 0.2) is 18.1 Å². The predicted octanol–water partition coefficient (Wildman–Crippen LogP) is 4.60. The van der Waals surface area contributed by atoms with Gasteiger partial charge in [-0.2, -0.15) is 0 Å². The van der Waals surface area contributed by atoms with E-state index in [0.29, 0.717) is 20.4 Å². The number of ether oxygens (including phenoxy) is 4. The SMILES string of the molecule is CCc1ccc(NC(=O)COC(=O)c2c(Br)c(OC)c(OC)c(OC)c2Br)cc1. The molecule has 0 radical (unpaired) electrons. The van der Waals surface area contributed by atoms with Crippen molar-refractivity contribution < 1.29 is 28.5 Å². The Balaban J connectivity index is 2.16. The minimum absolute atomic E-state index is 0.111. The summed E-state index contributed by atoms with van der Waals surface area (Å²) < 4.78 is 21.7. The van der Waals surface area contributed by atoms with Gasteiger partial charge in [-0.1, -0.05) is 19.1 Å². The van der Waals surface area contributed by atoms with E-state index in [1.54, 1.807) is 12.1 Å². The molecule has 0 unspecified atom stereocenters. The van der Waals surface area contributed by atoms with Crippen LogP contribution in [0.15, 0.2) is 33.2 Å². The summed E-state index contributed by atoms with van der Waals surface area (Å²) in [7, 11) is 4.32. The maximum absolute atomic E-state index is 12.6. The number of amides is 1. The topological polar surface area (TPSA) is 83.1 Å². The van der Waals surface area contributed by atoms with E-state index in [-0.39, 0.29) is 17.1 Å². The second-order valence-electron chi connectivity index (χ2n) is 5.78. The first-order chi connectivity index (χ1) is 13.9. The lowest BCUT2D eigenvalue weighted by molar-refractivity contribution is -0.119. The van der Waals surface area contributed by atoms with Crippen molar-refractivity contribution in [2.45, 2.75) is 13.3 Å². The fraction of sp³-hybridized carbons (Fsp3) is 0.300. The first-order valence-electron chi connectivity index (χ1n) is 8.60. The van der Waals surface area contributed by atoms with E-state index in [9.17, 15) is 9.59 Å². The molecule has 0 aromatic heterocycles. The lowest BCUT2D eigenvalue weighted by Crippen LogP contribution is -2.21. The highest BCUT2D eigenvalue weighted by Crippen LogP contribution is 2.50. The van der Waals surface area contributed by atoms with Gasteiger partial charge in [0.1, 0.15) is 0 Å². The quantitative estimate of drug-likeness (QED) is 0.502. The summed E-state index contributed by atoms with van der Waals surface area (Å²) in [5.41, 5.74) is 1.89. The fourth-order valence-electron chi connectivity index (χ4n) is 2.58. The Labute approximate surface area is 185 Å². The number of nitrogens with one attached hydrogen (secondary N) is 1. The van der Waals surface area contributed by atoms with Crippen LogP contribution in [0.1, 0.15) is 22.8 Å². The maximum Gasteiger partial charge on any atom is 0.341 e. The Morgan fingerprint density at radius 1 is 0.897 bits per heavy atom. The highest BCUT2D eigenvalue weighted by Gasteiger charge is 2.29. The molecule has 2 aromatic rings. The molecule has 0 heterocycles. The Bertz CT molecular complexity index is 868. The van der Waals surface area contributed by atoms with E-state index in [1.807, 2.05) is 19.1 Å². The van der Waals surface area contributed by atoms with Crippen molar-refractivity contribution in [3.05, 3.63) is 44.3 Å². The molecule has 156 valence electrons. The van der Waals surface area contributed by atoms with Gasteiger partial charge in [-0.15, -0.1) is 0 Å². The van der Waals surface area contributed by atoms with E-state index in [4.69, 9.17) is 18.9 Å². The Hall–Kier alpha value is -2.26. The average molecular weight is 531 g/mol. The maximum atomic E-state index is 12.6. The molecule has 0 aliphatic carbocycles. The molecule has 0 bridgehead atoms. The highest BCUT2D eigenvalue weighted by molar-refractivity contribution is 9.11. The number of carbonyl (C=O) groups excluding carboxylic acids is 2. The largest absolute Gasteiger partial charge is 0.492 e. The summed E-state index contributed by atoms with van der Waals surface area (Å²) in [5.74, 6) is -0.361. The van der Waals surface area contributed by atoms with Crippen LogP contribution in [0.4, 0.5) is 5.69 Å². The number of aryl methyl sites for hydroxylation is 1. The van der Waals surface area contributed by atoms with Gasteiger partial charge < -0.3 is 24.3 Å². The molecule has 2 rings (SSSR count). The number of rotatable bonds is 8. The van der Waals surface area contributed by atoms with Crippen LogP contribution < -0.4 is 19.5 Å². The molecule has 1 N–H and O–H groups in total. The fourth-order valence-corrected chi connectivity index (χ4v) is 4.25. The highest BCUT2D eigenvalue weighted by atomic mass is 79.9. The van der Waals surface area contributed by atoms with Gasteiger partial charge in [0.05, 0.1) is 35.8 Å². The number of esters is 1. The Kier molecular flexibility index (Phi) is 8.33. The van der Waals surface area contributed by atoms with Crippen molar-refractivity contribution in [1.29, 1.82) is 0 Å². The zero-order valence-electron chi connectivity index (χ0n) is 16.4. The van der Waals surface area contributed by atoms with Crippen LogP contribution in [0, 0.1) is 0 Å². The third kappa shape index (κ3) is 5.22. The Morgan fingerprint density at radius 2 is 1.41 bits per heavy atom. The number of benzene rings is 2. The molecule has 0 atom stereocenters. The van der Waals surface area contributed by atoms with E-state index in [1.165, 1.54) is 21.3 Å². The first-order valence-corrected chi connectivity index (χ1v) is 10.2.